The van der Waals surface area contributed by atoms with E-state index in [1.54, 1.807) is 26.0 Å². The molecular weight excluding hydrogens is 505 g/mol. The Kier molecular flexibility index (Phi) is 9.65. The van der Waals surface area contributed by atoms with E-state index < -0.39 is 35.8 Å². The number of amides is 3. The van der Waals surface area contributed by atoms with Crippen molar-refractivity contribution in [2.24, 2.45) is 5.92 Å². The maximum atomic E-state index is 13.4. The Bertz CT molecular complexity index is 1230. The zero-order valence-electron chi connectivity index (χ0n) is 19.6. The third kappa shape index (κ3) is 8.24. The minimum atomic E-state index is -1.08. The number of halogens is 1. The third-order valence-electron chi connectivity index (χ3n) is 5.09. The van der Waals surface area contributed by atoms with Gasteiger partial charge in [0, 0.05) is 6.42 Å². The molecule has 3 amide bonds. The van der Waals surface area contributed by atoms with E-state index in [-0.39, 0.29) is 24.1 Å². The Hall–Kier alpha value is -3.64. The topological polar surface area (TPSA) is 125 Å². The highest BCUT2D eigenvalue weighted by Gasteiger charge is 2.30. The number of H-pyrrole nitrogens is 1. The van der Waals surface area contributed by atoms with Gasteiger partial charge in [0.05, 0.1) is 0 Å². The van der Waals surface area contributed by atoms with Gasteiger partial charge in [-0.25, -0.2) is 9.18 Å². The molecule has 4 N–H and O–H groups in total. The fourth-order valence-corrected chi connectivity index (χ4v) is 4.02. The molecule has 0 unspecified atom stereocenters. The summed E-state index contributed by atoms with van der Waals surface area (Å²) in [5.74, 6) is -1.78. The number of alkyl carbamates (subject to hydrolysis) is 1. The minimum Gasteiger partial charge on any atom is -0.445 e. The molecule has 3 aromatic rings. The van der Waals surface area contributed by atoms with Crippen LogP contribution in [0.15, 0.2) is 54.6 Å². The molecule has 2 atom stereocenters. The minimum absolute atomic E-state index is 0.0181. The molecule has 0 aliphatic heterocycles. The summed E-state index contributed by atoms with van der Waals surface area (Å²) in [6, 6.07) is 12.6. The molecule has 0 fully saturated rings. The van der Waals surface area contributed by atoms with Crippen molar-refractivity contribution in [1.82, 2.24) is 20.8 Å². The second kappa shape index (κ2) is 12.9. The van der Waals surface area contributed by atoms with Crippen LogP contribution >= 0.6 is 23.6 Å². The van der Waals surface area contributed by atoms with Crippen LogP contribution in [-0.2, 0) is 27.4 Å². The van der Waals surface area contributed by atoms with Crippen molar-refractivity contribution in [2.75, 3.05) is 5.32 Å². The van der Waals surface area contributed by atoms with Crippen LogP contribution in [0.5, 0.6) is 0 Å². The first-order chi connectivity index (χ1) is 17.2. The first-order valence-electron chi connectivity index (χ1n) is 11.1. The van der Waals surface area contributed by atoms with Gasteiger partial charge in [-0.2, -0.15) is 0 Å². The monoisotopic (exact) mass is 531 g/mol. The summed E-state index contributed by atoms with van der Waals surface area (Å²) in [6.07, 6.45) is -0.748. The summed E-state index contributed by atoms with van der Waals surface area (Å²) >= 11 is 6.06. The number of nitrogens with one attached hydrogen (secondary N) is 4. The number of nitrogens with zero attached hydrogens (tertiary/aromatic N) is 1. The fourth-order valence-electron chi connectivity index (χ4n) is 3.23. The zero-order chi connectivity index (χ0) is 26.1. The normalized spacial score (nSPS) is 12.4. The highest BCUT2D eigenvalue weighted by Crippen LogP contribution is 2.14. The average Bonchev–Trinajstić information content (AvgIpc) is 3.26. The number of carbonyl (C=O) groups excluding carboxylic acids is 3. The van der Waals surface area contributed by atoms with Gasteiger partial charge in [-0.1, -0.05) is 67.6 Å². The maximum absolute atomic E-state index is 13.4. The molecule has 1 aromatic heterocycles. The average molecular weight is 532 g/mol. The summed E-state index contributed by atoms with van der Waals surface area (Å²) in [7, 11) is 0. The summed E-state index contributed by atoms with van der Waals surface area (Å²) < 4.78 is 19.0. The van der Waals surface area contributed by atoms with E-state index in [0.717, 1.165) is 16.9 Å². The smallest absolute Gasteiger partial charge is 0.408 e. The van der Waals surface area contributed by atoms with Crippen LogP contribution in [0.1, 0.15) is 25.0 Å². The highest BCUT2D eigenvalue weighted by atomic mass is 32.1. The number of ether oxygens (including phenoxy) is 1. The van der Waals surface area contributed by atoms with Gasteiger partial charge < -0.3 is 15.4 Å². The Morgan fingerprint density at radius 2 is 1.72 bits per heavy atom. The number of aromatic amines is 1. The summed E-state index contributed by atoms with van der Waals surface area (Å²) in [5.41, 5.74) is 1.40. The Balaban J connectivity index is 1.71. The van der Waals surface area contributed by atoms with E-state index in [1.807, 2.05) is 18.2 Å². The maximum Gasteiger partial charge on any atom is 0.408 e. The van der Waals surface area contributed by atoms with E-state index in [0.29, 0.717) is 9.52 Å². The number of aromatic nitrogens is 2. The molecule has 0 aliphatic carbocycles. The predicted octanol–water partition coefficient (Wildman–Crippen LogP) is 3.96. The van der Waals surface area contributed by atoms with Gasteiger partial charge in [-0.15, -0.1) is 5.10 Å². The van der Waals surface area contributed by atoms with Gasteiger partial charge in [0.1, 0.15) is 24.5 Å². The van der Waals surface area contributed by atoms with Crippen molar-refractivity contribution in [2.45, 2.75) is 39.0 Å². The highest BCUT2D eigenvalue weighted by molar-refractivity contribution is 7.73. The molecule has 36 heavy (non-hydrogen) atoms. The van der Waals surface area contributed by atoms with Crippen molar-refractivity contribution in [3.8, 4) is 0 Å². The van der Waals surface area contributed by atoms with Crippen molar-refractivity contribution < 1.29 is 23.5 Å². The van der Waals surface area contributed by atoms with Gasteiger partial charge in [0.2, 0.25) is 16.9 Å². The van der Waals surface area contributed by atoms with Gasteiger partial charge in [0.25, 0.3) is 0 Å². The quantitative estimate of drug-likeness (QED) is 0.294. The molecule has 0 spiro atoms. The van der Waals surface area contributed by atoms with Gasteiger partial charge >= 0.3 is 6.09 Å². The molecule has 12 heteroatoms. The number of hydrogen-bond acceptors (Lipinski definition) is 7. The van der Waals surface area contributed by atoms with E-state index in [2.05, 4.69) is 26.1 Å². The van der Waals surface area contributed by atoms with Crippen LogP contribution in [-0.4, -0.2) is 40.2 Å². The Labute approximate surface area is 216 Å². The van der Waals surface area contributed by atoms with E-state index in [1.165, 1.54) is 24.3 Å². The van der Waals surface area contributed by atoms with Crippen molar-refractivity contribution in [3.63, 3.8) is 0 Å². The van der Waals surface area contributed by atoms with Crippen LogP contribution < -0.4 is 16.0 Å². The fraction of sp³-hybridized carbons (Fsp3) is 0.292. The lowest BCUT2D eigenvalue weighted by Crippen LogP contribution is -2.55. The molecule has 0 bridgehead atoms. The first-order valence-corrected chi connectivity index (χ1v) is 12.3. The molecule has 3 rings (SSSR count). The summed E-state index contributed by atoms with van der Waals surface area (Å²) in [5, 5.41) is 14.6. The lowest BCUT2D eigenvalue weighted by atomic mass is 10.0. The molecule has 9 nitrogen and oxygen atoms in total. The van der Waals surface area contributed by atoms with E-state index >= 15 is 0 Å². The zero-order valence-corrected chi connectivity index (χ0v) is 21.3. The SMILES string of the molecule is CC(C)[C@H](NC(=O)[C@H](Cc1ccc(F)cc1)NC(=O)OCc1ccccc1)C(=O)Nc1n[nH]c(=S)s1. The largest absolute Gasteiger partial charge is 0.445 e. The van der Waals surface area contributed by atoms with Crippen LogP contribution in [0.3, 0.4) is 0 Å². The lowest BCUT2D eigenvalue weighted by Gasteiger charge is -2.25. The molecule has 0 saturated carbocycles. The summed E-state index contributed by atoms with van der Waals surface area (Å²) in [4.78, 5) is 38.6. The van der Waals surface area contributed by atoms with Crippen molar-refractivity contribution >= 4 is 46.6 Å². The second-order valence-electron chi connectivity index (χ2n) is 8.23. The van der Waals surface area contributed by atoms with Crippen molar-refractivity contribution in [1.29, 1.82) is 0 Å². The molecule has 190 valence electrons. The Morgan fingerprint density at radius 1 is 1.03 bits per heavy atom. The van der Waals surface area contributed by atoms with Gasteiger partial charge in [-0.05, 0) is 41.4 Å². The van der Waals surface area contributed by atoms with E-state index in [4.69, 9.17) is 17.0 Å². The third-order valence-corrected chi connectivity index (χ3v) is 6.09. The van der Waals surface area contributed by atoms with Crippen LogP contribution in [0, 0.1) is 15.7 Å². The second-order valence-corrected chi connectivity index (χ2v) is 9.89. The number of rotatable bonds is 10. The van der Waals surface area contributed by atoms with Gasteiger partial charge in [-0.3, -0.25) is 20.0 Å². The molecule has 2 aromatic carbocycles. The standard InChI is InChI=1S/C24H26FN5O4S2/c1-14(2)19(21(32)28-22-29-30-24(35)36-22)27-20(31)18(12-15-8-10-17(25)11-9-15)26-23(33)34-13-16-6-4-3-5-7-16/h3-11,14,18-19H,12-13H2,1-2H3,(H,26,33)(H,27,31)(H,30,35)(H,28,29,32)/t18-,19-/m0/s1. The predicted molar refractivity (Wildman–Crippen MR) is 136 cm³/mol. The molecule has 0 aliphatic rings. The molecule has 0 radical (unpaired) electrons. The van der Waals surface area contributed by atoms with Gasteiger partial charge in [0.15, 0.2) is 3.95 Å². The Morgan fingerprint density at radius 3 is 2.33 bits per heavy atom. The first kappa shape index (κ1) is 27.0. The number of carbonyl (C=O) groups is 3. The van der Waals surface area contributed by atoms with Crippen LogP contribution in [0.4, 0.5) is 14.3 Å². The van der Waals surface area contributed by atoms with Crippen LogP contribution in [0.25, 0.3) is 0 Å². The molecular formula is C24H26FN5O4S2. The number of hydrogen-bond donors (Lipinski definition) is 4. The number of benzene rings is 2. The summed E-state index contributed by atoms with van der Waals surface area (Å²) in [6.45, 7) is 3.56. The molecule has 1 heterocycles. The molecule has 0 saturated heterocycles. The number of anilines is 1. The van der Waals surface area contributed by atoms with Crippen LogP contribution in [0.2, 0.25) is 0 Å². The van der Waals surface area contributed by atoms with E-state index in [9.17, 15) is 18.8 Å². The lowest BCUT2D eigenvalue weighted by molar-refractivity contribution is -0.128. The van der Waals surface area contributed by atoms with Crippen molar-refractivity contribution in [3.05, 3.63) is 75.5 Å².